The van der Waals surface area contributed by atoms with Crippen LogP contribution >= 0.6 is 0 Å². The number of hydrogen-bond donors (Lipinski definition) is 1. The van der Waals surface area contributed by atoms with Crippen LogP contribution in [0.4, 0.5) is 5.69 Å². The second-order valence-electron chi connectivity index (χ2n) is 3.93. The zero-order valence-corrected chi connectivity index (χ0v) is 11.5. The van der Waals surface area contributed by atoms with Crippen molar-refractivity contribution in [1.29, 1.82) is 0 Å². The molecule has 0 aliphatic carbocycles. The van der Waals surface area contributed by atoms with Gasteiger partial charge in [0.25, 0.3) is 5.56 Å². The standard InChI is InChI=1S/C11H19N3O3S/c1-3-12-10-8-11(15)14(13-9-10)6-5-7-18(16,17)4-2/h8-9,12H,3-7H2,1-2H3. The molecule has 1 rings (SSSR count). The first-order valence-corrected chi connectivity index (χ1v) is 7.82. The molecule has 7 heteroatoms. The quantitative estimate of drug-likeness (QED) is 0.782. The number of aryl methyl sites for hydroxylation is 1. The van der Waals surface area contributed by atoms with Crippen molar-refractivity contribution in [2.45, 2.75) is 26.8 Å². The molecule has 102 valence electrons. The Kier molecular flexibility index (Phi) is 5.33. The highest BCUT2D eigenvalue weighted by atomic mass is 32.2. The van der Waals surface area contributed by atoms with E-state index in [0.29, 0.717) is 18.7 Å². The minimum absolute atomic E-state index is 0.0899. The van der Waals surface area contributed by atoms with Crippen LogP contribution in [-0.2, 0) is 16.4 Å². The summed E-state index contributed by atoms with van der Waals surface area (Å²) < 4.78 is 23.9. The summed E-state index contributed by atoms with van der Waals surface area (Å²) in [6.07, 6.45) is 1.98. The summed E-state index contributed by atoms with van der Waals surface area (Å²) in [5.74, 6) is 0.223. The number of rotatable bonds is 7. The van der Waals surface area contributed by atoms with E-state index in [2.05, 4.69) is 10.4 Å². The van der Waals surface area contributed by atoms with E-state index in [1.165, 1.54) is 10.7 Å². The van der Waals surface area contributed by atoms with Gasteiger partial charge in [-0.05, 0) is 13.3 Å². The highest BCUT2D eigenvalue weighted by Gasteiger charge is 2.07. The molecule has 0 aromatic carbocycles. The lowest BCUT2D eigenvalue weighted by atomic mass is 10.4. The van der Waals surface area contributed by atoms with E-state index >= 15 is 0 Å². The van der Waals surface area contributed by atoms with Gasteiger partial charge in [0.05, 0.1) is 17.6 Å². The van der Waals surface area contributed by atoms with Crippen LogP contribution in [0.15, 0.2) is 17.1 Å². The molecular weight excluding hydrogens is 254 g/mol. The molecule has 6 nitrogen and oxygen atoms in total. The first-order valence-electron chi connectivity index (χ1n) is 6.00. The van der Waals surface area contributed by atoms with Crippen LogP contribution in [0, 0.1) is 0 Å². The molecule has 0 saturated heterocycles. The molecule has 0 aliphatic heterocycles. The minimum atomic E-state index is -2.97. The number of sulfone groups is 1. The topological polar surface area (TPSA) is 81.1 Å². The van der Waals surface area contributed by atoms with Gasteiger partial charge in [0.15, 0.2) is 0 Å². The van der Waals surface area contributed by atoms with Gasteiger partial charge in [0.1, 0.15) is 9.84 Å². The normalized spacial score (nSPS) is 11.4. The first kappa shape index (κ1) is 14.7. The number of nitrogens with zero attached hydrogens (tertiary/aromatic N) is 2. The van der Waals surface area contributed by atoms with Gasteiger partial charge in [-0.15, -0.1) is 0 Å². The largest absolute Gasteiger partial charge is 0.384 e. The molecule has 1 heterocycles. The third-order valence-corrected chi connectivity index (χ3v) is 4.31. The van der Waals surface area contributed by atoms with E-state index in [4.69, 9.17) is 0 Å². The van der Waals surface area contributed by atoms with Gasteiger partial charge in [-0.1, -0.05) is 6.92 Å². The second kappa shape index (κ2) is 6.53. The van der Waals surface area contributed by atoms with Crippen molar-refractivity contribution in [3.05, 3.63) is 22.6 Å². The van der Waals surface area contributed by atoms with Crippen molar-refractivity contribution in [2.24, 2.45) is 0 Å². The van der Waals surface area contributed by atoms with E-state index in [1.807, 2.05) is 6.92 Å². The third-order valence-electron chi connectivity index (χ3n) is 2.52. The SMILES string of the molecule is CCNc1cnn(CCCS(=O)(=O)CC)c(=O)c1. The molecule has 0 atom stereocenters. The summed E-state index contributed by atoms with van der Waals surface area (Å²) in [5.41, 5.74) is 0.460. The van der Waals surface area contributed by atoms with Crippen molar-refractivity contribution >= 4 is 15.5 Å². The van der Waals surface area contributed by atoms with Crippen LogP contribution in [-0.4, -0.2) is 36.2 Å². The number of nitrogens with one attached hydrogen (secondary N) is 1. The Morgan fingerprint density at radius 2 is 2.11 bits per heavy atom. The molecule has 1 aromatic heterocycles. The molecule has 0 saturated carbocycles. The van der Waals surface area contributed by atoms with Crippen molar-refractivity contribution in [3.8, 4) is 0 Å². The van der Waals surface area contributed by atoms with Crippen LogP contribution in [0.5, 0.6) is 0 Å². The van der Waals surface area contributed by atoms with Gasteiger partial charge in [-0.2, -0.15) is 5.10 Å². The molecule has 0 spiro atoms. The fourth-order valence-corrected chi connectivity index (χ4v) is 2.34. The third kappa shape index (κ3) is 4.48. The Hall–Kier alpha value is -1.37. The van der Waals surface area contributed by atoms with Crippen LogP contribution in [0.2, 0.25) is 0 Å². The van der Waals surface area contributed by atoms with E-state index < -0.39 is 9.84 Å². The van der Waals surface area contributed by atoms with Crippen LogP contribution in [0.25, 0.3) is 0 Å². The predicted octanol–water partition coefficient (Wildman–Crippen LogP) is 0.500. The molecule has 0 fully saturated rings. The van der Waals surface area contributed by atoms with Gasteiger partial charge in [-0.3, -0.25) is 4.79 Å². The summed E-state index contributed by atoms with van der Waals surface area (Å²) in [7, 11) is -2.97. The van der Waals surface area contributed by atoms with Crippen molar-refractivity contribution in [3.63, 3.8) is 0 Å². The molecule has 0 bridgehead atoms. The number of aromatic nitrogens is 2. The maximum atomic E-state index is 11.7. The van der Waals surface area contributed by atoms with Crippen LogP contribution in [0.3, 0.4) is 0 Å². The molecule has 0 unspecified atom stereocenters. The van der Waals surface area contributed by atoms with Crippen LogP contribution < -0.4 is 10.9 Å². The van der Waals surface area contributed by atoms with Crippen molar-refractivity contribution in [1.82, 2.24) is 9.78 Å². The summed E-state index contributed by atoms with van der Waals surface area (Å²) >= 11 is 0. The smallest absolute Gasteiger partial charge is 0.268 e. The predicted molar refractivity (Wildman–Crippen MR) is 71.6 cm³/mol. The highest BCUT2D eigenvalue weighted by molar-refractivity contribution is 7.91. The molecule has 0 radical (unpaired) electrons. The molecular formula is C11H19N3O3S. The van der Waals surface area contributed by atoms with Gasteiger partial charge >= 0.3 is 0 Å². The molecule has 0 aliphatic rings. The summed E-state index contributed by atoms with van der Waals surface area (Å²) in [4.78, 5) is 11.7. The molecule has 1 N–H and O–H groups in total. The Balaban J connectivity index is 2.61. The van der Waals surface area contributed by atoms with Gasteiger partial charge in [0.2, 0.25) is 0 Å². The Morgan fingerprint density at radius 3 is 2.67 bits per heavy atom. The van der Waals surface area contributed by atoms with E-state index in [-0.39, 0.29) is 17.1 Å². The Labute approximate surface area is 107 Å². The summed E-state index contributed by atoms with van der Waals surface area (Å²) in [5, 5.41) is 6.98. The van der Waals surface area contributed by atoms with Crippen molar-refractivity contribution < 1.29 is 8.42 Å². The fourth-order valence-electron chi connectivity index (χ4n) is 1.48. The van der Waals surface area contributed by atoms with Crippen molar-refractivity contribution in [2.75, 3.05) is 23.4 Å². The maximum Gasteiger partial charge on any atom is 0.268 e. The second-order valence-corrected chi connectivity index (χ2v) is 6.40. The lowest BCUT2D eigenvalue weighted by Crippen LogP contribution is -2.24. The van der Waals surface area contributed by atoms with Gasteiger partial charge < -0.3 is 5.32 Å². The lowest BCUT2D eigenvalue weighted by molar-refractivity contribution is 0.555. The average Bonchev–Trinajstić information content (AvgIpc) is 2.32. The monoisotopic (exact) mass is 273 g/mol. The minimum Gasteiger partial charge on any atom is -0.384 e. The molecule has 1 aromatic rings. The summed E-state index contributed by atoms with van der Waals surface area (Å²) in [6, 6.07) is 1.46. The van der Waals surface area contributed by atoms with E-state index in [0.717, 1.165) is 6.54 Å². The molecule has 18 heavy (non-hydrogen) atoms. The maximum absolute atomic E-state index is 11.7. The van der Waals surface area contributed by atoms with E-state index in [1.54, 1.807) is 13.1 Å². The van der Waals surface area contributed by atoms with Crippen LogP contribution in [0.1, 0.15) is 20.3 Å². The zero-order valence-electron chi connectivity index (χ0n) is 10.7. The number of anilines is 1. The lowest BCUT2D eigenvalue weighted by Gasteiger charge is -2.06. The average molecular weight is 273 g/mol. The molecule has 0 amide bonds. The fraction of sp³-hybridized carbons (Fsp3) is 0.636. The first-order chi connectivity index (χ1) is 8.48. The van der Waals surface area contributed by atoms with Gasteiger partial charge in [-0.25, -0.2) is 13.1 Å². The Morgan fingerprint density at radius 1 is 1.39 bits per heavy atom. The Bertz CT molecular complexity index is 537. The number of hydrogen-bond acceptors (Lipinski definition) is 5. The summed E-state index contributed by atoms with van der Waals surface area (Å²) in [6.45, 7) is 4.59. The highest BCUT2D eigenvalue weighted by Crippen LogP contribution is 1.99. The zero-order chi connectivity index (χ0) is 13.6. The van der Waals surface area contributed by atoms with E-state index in [9.17, 15) is 13.2 Å². The van der Waals surface area contributed by atoms with Gasteiger partial charge in [0, 0.05) is 24.9 Å².